The van der Waals surface area contributed by atoms with E-state index in [1.54, 1.807) is 12.1 Å². The van der Waals surface area contributed by atoms with Gasteiger partial charge in [0.05, 0.1) is 11.1 Å². The zero-order chi connectivity index (χ0) is 20.7. The molecule has 0 aliphatic carbocycles. The molecule has 1 aromatic carbocycles. The van der Waals surface area contributed by atoms with Crippen LogP contribution in [0.5, 0.6) is 0 Å². The molecule has 0 aliphatic heterocycles. The molecule has 4 nitrogen and oxygen atoms in total. The molecule has 0 saturated carbocycles. The maximum atomic E-state index is 12.9. The van der Waals surface area contributed by atoms with Gasteiger partial charge in [0.2, 0.25) is 0 Å². The Kier molecular flexibility index (Phi) is 9.51. The van der Waals surface area contributed by atoms with E-state index < -0.39 is 11.9 Å². The molecule has 5 heteroatoms. The first-order valence-electron chi connectivity index (χ1n) is 9.90. The summed E-state index contributed by atoms with van der Waals surface area (Å²) in [5.41, 5.74) is 1.48. The molecule has 1 aromatic rings. The third kappa shape index (κ3) is 6.34. The van der Waals surface area contributed by atoms with Gasteiger partial charge in [-0.2, -0.15) is 0 Å². The number of carbonyl (C=O) groups excluding carboxylic acids is 2. The quantitative estimate of drug-likeness (QED) is 0.429. The number of aryl methyl sites for hydroxylation is 1. The molecule has 0 heterocycles. The fourth-order valence-electron chi connectivity index (χ4n) is 3.01. The third-order valence-electron chi connectivity index (χ3n) is 4.82. The molecular weight excluding hydrogens is 408 g/mol. The first-order chi connectivity index (χ1) is 12.7. The summed E-state index contributed by atoms with van der Waals surface area (Å²) in [6.45, 7) is 14.0. The summed E-state index contributed by atoms with van der Waals surface area (Å²) in [4.78, 5) is 25.7. The molecule has 0 spiro atoms. The van der Waals surface area contributed by atoms with Gasteiger partial charge in [-0.1, -0.05) is 64.4 Å². The van der Waals surface area contributed by atoms with Crippen LogP contribution < -0.4 is 0 Å². The predicted octanol–water partition coefficient (Wildman–Crippen LogP) is 6.19. The Balaban J connectivity index is 3.28. The molecule has 0 amide bonds. The zero-order valence-electron chi connectivity index (χ0n) is 17.6. The van der Waals surface area contributed by atoms with E-state index in [2.05, 4.69) is 15.9 Å². The zero-order valence-corrected chi connectivity index (χ0v) is 19.2. The maximum Gasteiger partial charge on any atom is 0.339 e. The largest absolute Gasteiger partial charge is 0.459 e. The van der Waals surface area contributed by atoms with Gasteiger partial charge in [-0.25, -0.2) is 9.59 Å². The number of hydrogen-bond acceptors (Lipinski definition) is 4. The Morgan fingerprint density at radius 2 is 1.26 bits per heavy atom. The van der Waals surface area contributed by atoms with E-state index in [9.17, 15) is 9.59 Å². The molecule has 1 rings (SSSR count). The van der Waals surface area contributed by atoms with Crippen molar-refractivity contribution in [3.8, 4) is 0 Å². The van der Waals surface area contributed by atoms with Crippen molar-refractivity contribution in [1.82, 2.24) is 0 Å². The lowest BCUT2D eigenvalue weighted by atomic mass is 10.0. The average molecular weight is 441 g/mol. The maximum absolute atomic E-state index is 12.9. The van der Waals surface area contributed by atoms with Gasteiger partial charge in [0.1, 0.15) is 12.2 Å². The lowest BCUT2D eigenvalue weighted by Gasteiger charge is -2.22. The van der Waals surface area contributed by atoms with Crippen molar-refractivity contribution >= 4 is 27.9 Å². The molecule has 2 atom stereocenters. The molecule has 0 saturated heterocycles. The normalized spacial score (nSPS) is 13.6. The highest BCUT2D eigenvalue weighted by Gasteiger charge is 2.26. The van der Waals surface area contributed by atoms with Crippen LogP contribution in [0.2, 0.25) is 0 Å². The minimum atomic E-state index is -0.483. The molecule has 0 fully saturated rings. The van der Waals surface area contributed by atoms with Gasteiger partial charge in [0.25, 0.3) is 0 Å². The van der Waals surface area contributed by atoms with Gasteiger partial charge in [-0.3, -0.25) is 0 Å². The van der Waals surface area contributed by atoms with E-state index in [0.29, 0.717) is 0 Å². The van der Waals surface area contributed by atoms with Crippen LogP contribution in [0.25, 0.3) is 0 Å². The Morgan fingerprint density at radius 3 is 1.59 bits per heavy atom. The molecule has 0 N–H and O–H groups in total. The van der Waals surface area contributed by atoms with Crippen LogP contribution in [-0.4, -0.2) is 24.1 Å². The first-order valence-corrected chi connectivity index (χ1v) is 10.7. The van der Waals surface area contributed by atoms with Gasteiger partial charge in [0.15, 0.2) is 0 Å². The van der Waals surface area contributed by atoms with E-state index in [-0.39, 0.29) is 35.2 Å². The fraction of sp³-hybridized carbons (Fsp3) is 0.636. The number of esters is 2. The summed E-state index contributed by atoms with van der Waals surface area (Å²) in [5, 5.41) is 0. The minimum absolute atomic E-state index is 0.186. The van der Waals surface area contributed by atoms with Gasteiger partial charge >= 0.3 is 11.9 Å². The van der Waals surface area contributed by atoms with Crippen molar-refractivity contribution in [2.24, 2.45) is 11.8 Å². The van der Waals surface area contributed by atoms with Crippen LogP contribution in [0.4, 0.5) is 0 Å². The highest BCUT2D eigenvalue weighted by molar-refractivity contribution is 9.10. The summed E-state index contributed by atoms with van der Waals surface area (Å²) < 4.78 is 12.2. The summed E-state index contributed by atoms with van der Waals surface area (Å²) in [6, 6.07) is 3.42. The summed E-state index contributed by atoms with van der Waals surface area (Å²) in [5.74, 6) is -0.537. The Morgan fingerprint density at radius 1 is 0.852 bits per heavy atom. The van der Waals surface area contributed by atoms with E-state index in [1.807, 2.05) is 48.5 Å². The van der Waals surface area contributed by atoms with Crippen LogP contribution in [-0.2, 0) is 15.9 Å². The number of hydrogen-bond donors (Lipinski definition) is 0. The summed E-state index contributed by atoms with van der Waals surface area (Å²) in [6.07, 6.45) is 1.81. The van der Waals surface area contributed by atoms with Gasteiger partial charge in [-0.05, 0) is 48.8 Å². The second-order valence-corrected chi connectivity index (χ2v) is 8.39. The Bertz CT molecular complexity index is 652. The van der Waals surface area contributed by atoms with Gasteiger partial charge in [-0.15, -0.1) is 0 Å². The van der Waals surface area contributed by atoms with E-state index in [4.69, 9.17) is 9.47 Å². The molecular formula is C22H33BrO4. The van der Waals surface area contributed by atoms with Crippen molar-refractivity contribution in [1.29, 1.82) is 0 Å². The van der Waals surface area contributed by atoms with Crippen LogP contribution in [0, 0.1) is 11.8 Å². The van der Waals surface area contributed by atoms with Gasteiger partial charge < -0.3 is 9.47 Å². The standard InChI is InChI=1S/C22H33BrO4/c1-8-15-11-16(21(24)26-19(9-2)13(4)5)17(12-18(15)23)22(25)27-20(10-3)14(6)7/h11-14,19-20H,8-10H2,1-7H3. The van der Waals surface area contributed by atoms with Crippen LogP contribution in [0.15, 0.2) is 16.6 Å². The van der Waals surface area contributed by atoms with Crippen LogP contribution in [0.1, 0.15) is 87.6 Å². The number of rotatable bonds is 9. The molecule has 27 heavy (non-hydrogen) atoms. The first kappa shape index (κ1) is 23.7. The molecule has 0 aromatic heterocycles. The number of carbonyl (C=O) groups is 2. The molecule has 152 valence electrons. The van der Waals surface area contributed by atoms with E-state index in [0.717, 1.165) is 29.3 Å². The summed E-state index contributed by atoms with van der Waals surface area (Å²) in [7, 11) is 0. The fourth-order valence-corrected chi connectivity index (χ4v) is 3.63. The van der Waals surface area contributed by atoms with Gasteiger partial charge in [0, 0.05) is 4.47 Å². The van der Waals surface area contributed by atoms with Crippen LogP contribution >= 0.6 is 15.9 Å². The number of ether oxygens (including phenoxy) is 2. The number of halogens is 1. The van der Waals surface area contributed by atoms with Crippen molar-refractivity contribution in [2.45, 2.75) is 79.9 Å². The highest BCUT2D eigenvalue weighted by atomic mass is 79.9. The SMILES string of the molecule is CCc1cc(C(=O)OC(CC)C(C)C)c(C(=O)OC(CC)C(C)C)cc1Br. The lowest BCUT2D eigenvalue weighted by molar-refractivity contribution is 0.0127. The predicted molar refractivity (Wildman–Crippen MR) is 112 cm³/mol. The lowest BCUT2D eigenvalue weighted by Crippen LogP contribution is -2.26. The third-order valence-corrected chi connectivity index (χ3v) is 5.55. The topological polar surface area (TPSA) is 52.6 Å². The van der Waals surface area contributed by atoms with E-state index >= 15 is 0 Å². The number of benzene rings is 1. The van der Waals surface area contributed by atoms with Crippen molar-refractivity contribution in [3.05, 3.63) is 33.3 Å². The smallest absolute Gasteiger partial charge is 0.339 e. The molecule has 0 aliphatic rings. The second kappa shape index (κ2) is 10.8. The molecule has 0 bridgehead atoms. The average Bonchev–Trinajstić information content (AvgIpc) is 2.62. The van der Waals surface area contributed by atoms with Crippen molar-refractivity contribution in [3.63, 3.8) is 0 Å². The van der Waals surface area contributed by atoms with Crippen molar-refractivity contribution in [2.75, 3.05) is 0 Å². The van der Waals surface area contributed by atoms with Crippen LogP contribution in [0.3, 0.4) is 0 Å². The monoisotopic (exact) mass is 440 g/mol. The van der Waals surface area contributed by atoms with Crippen molar-refractivity contribution < 1.29 is 19.1 Å². The highest BCUT2D eigenvalue weighted by Crippen LogP contribution is 2.26. The Labute approximate surface area is 172 Å². The second-order valence-electron chi connectivity index (χ2n) is 7.53. The Hall–Kier alpha value is -1.36. The molecule has 0 radical (unpaired) electrons. The summed E-state index contributed by atoms with van der Waals surface area (Å²) >= 11 is 3.50. The molecule has 2 unspecified atom stereocenters. The minimum Gasteiger partial charge on any atom is -0.459 e. The van der Waals surface area contributed by atoms with E-state index in [1.165, 1.54) is 0 Å².